The molecule has 0 aromatic carbocycles. The topological polar surface area (TPSA) is 43.6 Å². The van der Waals surface area contributed by atoms with E-state index in [1.165, 1.54) is 0 Å². The van der Waals surface area contributed by atoms with Gasteiger partial charge in [0.1, 0.15) is 11.2 Å². The normalized spacial score (nSPS) is 11.4. The molecule has 3 aromatic rings. The fourth-order valence-corrected chi connectivity index (χ4v) is 2.27. The van der Waals surface area contributed by atoms with Gasteiger partial charge in [-0.25, -0.2) is 9.97 Å². The first-order valence-electron chi connectivity index (χ1n) is 6.11. The minimum Gasteiger partial charge on any atom is -0.305 e. The molecule has 0 atom stereocenters. The molecule has 5 heteroatoms. The molecule has 0 aliphatic rings. The highest BCUT2D eigenvalue weighted by Gasteiger charge is 2.16. The van der Waals surface area contributed by atoms with E-state index in [4.69, 9.17) is 11.6 Å². The molecule has 3 rings (SSSR count). The van der Waals surface area contributed by atoms with Crippen molar-refractivity contribution in [2.24, 2.45) is 0 Å². The van der Waals surface area contributed by atoms with Gasteiger partial charge in [-0.1, -0.05) is 17.7 Å². The van der Waals surface area contributed by atoms with E-state index < -0.39 is 0 Å². The Labute approximate surface area is 116 Å². The number of halogens is 1. The maximum atomic E-state index is 5.98. The summed E-state index contributed by atoms with van der Waals surface area (Å²) < 4.78 is 2.08. The smallest absolute Gasteiger partial charge is 0.161 e. The SMILES string of the molecule is CC(C)n1c(-c2ccccn2)nc2cc(Cl)cnc21. The molecule has 0 amide bonds. The van der Waals surface area contributed by atoms with Gasteiger partial charge in [-0.2, -0.15) is 0 Å². The van der Waals surface area contributed by atoms with Crippen LogP contribution in [0.4, 0.5) is 0 Å². The summed E-state index contributed by atoms with van der Waals surface area (Å²) in [4.78, 5) is 13.4. The summed E-state index contributed by atoms with van der Waals surface area (Å²) in [7, 11) is 0. The predicted octanol–water partition coefficient (Wildman–Crippen LogP) is 3.73. The number of aromatic nitrogens is 4. The molecule has 4 nitrogen and oxygen atoms in total. The number of pyridine rings is 2. The van der Waals surface area contributed by atoms with Crippen LogP contribution in [0.5, 0.6) is 0 Å². The van der Waals surface area contributed by atoms with Crippen LogP contribution in [0.3, 0.4) is 0 Å². The summed E-state index contributed by atoms with van der Waals surface area (Å²) in [6.45, 7) is 4.20. The van der Waals surface area contributed by atoms with Crippen LogP contribution in [0, 0.1) is 0 Å². The van der Waals surface area contributed by atoms with Crippen molar-refractivity contribution in [2.45, 2.75) is 19.9 Å². The van der Waals surface area contributed by atoms with Gasteiger partial charge in [-0.3, -0.25) is 4.98 Å². The Morgan fingerprint density at radius 2 is 2.05 bits per heavy atom. The lowest BCUT2D eigenvalue weighted by Gasteiger charge is -2.11. The standard InChI is InChI=1S/C14H13ClN4/c1-9(2)19-13-12(7-10(15)8-17-13)18-14(19)11-5-3-4-6-16-11/h3-9H,1-2H3. The fourth-order valence-electron chi connectivity index (χ4n) is 2.12. The van der Waals surface area contributed by atoms with Crippen molar-refractivity contribution in [3.8, 4) is 11.5 Å². The third kappa shape index (κ3) is 2.08. The second-order valence-corrected chi connectivity index (χ2v) is 5.05. The van der Waals surface area contributed by atoms with Gasteiger partial charge in [0.2, 0.25) is 0 Å². The van der Waals surface area contributed by atoms with E-state index in [9.17, 15) is 0 Å². The van der Waals surface area contributed by atoms with E-state index in [2.05, 4.69) is 33.4 Å². The first-order valence-corrected chi connectivity index (χ1v) is 6.49. The highest BCUT2D eigenvalue weighted by atomic mass is 35.5. The number of rotatable bonds is 2. The van der Waals surface area contributed by atoms with Crippen LogP contribution < -0.4 is 0 Å². The van der Waals surface area contributed by atoms with Crippen molar-refractivity contribution in [1.82, 2.24) is 19.5 Å². The average molecular weight is 273 g/mol. The van der Waals surface area contributed by atoms with Crippen molar-refractivity contribution in [2.75, 3.05) is 0 Å². The molecule has 3 heterocycles. The first-order chi connectivity index (χ1) is 9.16. The van der Waals surface area contributed by atoms with Crippen LogP contribution in [-0.4, -0.2) is 19.5 Å². The van der Waals surface area contributed by atoms with Gasteiger partial charge >= 0.3 is 0 Å². The molecule has 96 valence electrons. The molecule has 0 saturated carbocycles. The van der Waals surface area contributed by atoms with Gasteiger partial charge in [0.15, 0.2) is 11.5 Å². The number of hydrogen-bond acceptors (Lipinski definition) is 3. The van der Waals surface area contributed by atoms with Crippen molar-refractivity contribution in [3.05, 3.63) is 41.7 Å². The van der Waals surface area contributed by atoms with Gasteiger partial charge in [0.25, 0.3) is 0 Å². The predicted molar refractivity (Wildman–Crippen MR) is 76.2 cm³/mol. The summed E-state index contributed by atoms with van der Waals surface area (Å²) in [5.41, 5.74) is 2.47. The highest BCUT2D eigenvalue weighted by Crippen LogP contribution is 2.27. The average Bonchev–Trinajstić information content (AvgIpc) is 2.78. The van der Waals surface area contributed by atoms with Crippen LogP contribution in [0.2, 0.25) is 5.02 Å². The monoisotopic (exact) mass is 272 g/mol. The number of fused-ring (bicyclic) bond motifs is 1. The van der Waals surface area contributed by atoms with E-state index in [1.54, 1.807) is 12.4 Å². The zero-order valence-electron chi connectivity index (χ0n) is 10.7. The zero-order chi connectivity index (χ0) is 13.4. The summed E-state index contributed by atoms with van der Waals surface area (Å²) in [6, 6.07) is 7.86. The third-order valence-corrected chi connectivity index (χ3v) is 3.11. The van der Waals surface area contributed by atoms with Crippen molar-refractivity contribution >= 4 is 22.8 Å². The minimum absolute atomic E-state index is 0.246. The molecular formula is C14H13ClN4. The number of nitrogens with zero attached hydrogens (tertiary/aromatic N) is 4. The molecule has 3 aromatic heterocycles. The molecule has 0 radical (unpaired) electrons. The van der Waals surface area contributed by atoms with E-state index in [0.717, 1.165) is 22.7 Å². The summed E-state index contributed by atoms with van der Waals surface area (Å²) >= 11 is 5.98. The fraction of sp³-hybridized carbons (Fsp3) is 0.214. The minimum atomic E-state index is 0.246. The molecule has 0 N–H and O–H groups in total. The molecule has 0 aliphatic carbocycles. The lowest BCUT2D eigenvalue weighted by Crippen LogP contribution is -2.04. The summed E-state index contributed by atoms with van der Waals surface area (Å²) in [5.74, 6) is 0.820. The third-order valence-electron chi connectivity index (χ3n) is 2.91. The van der Waals surface area contributed by atoms with E-state index in [1.807, 2.05) is 24.3 Å². The largest absolute Gasteiger partial charge is 0.305 e. The summed E-state index contributed by atoms with van der Waals surface area (Å²) in [6.07, 6.45) is 3.41. The van der Waals surface area contributed by atoms with E-state index in [-0.39, 0.29) is 6.04 Å². The Morgan fingerprint density at radius 1 is 1.21 bits per heavy atom. The molecule has 19 heavy (non-hydrogen) atoms. The lowest BCUT2D eigenvalue weighted by molar-refractivity contribution is 0.618. The van der Waals surface area contributed by atoms with E-state index in [0.29, 0.717) is 5.02 Å². The van der Waals surface area contributed by atoms with Crippen LogP contribution in [0.15, 0.2) is 36.7 Å². The highest BCUT2D eigenvalue weighted by molar-refractivity contribution is 6.31. The molecule has 0 spiro atoms. The van der Waals surface area contributed by atoms with Gasteiger partial charge in [0.05, 0.1) is 5.02 Å². The molecular weight excluding hydrogens is 260 g/mol. The van der Waals surface area contributed by atoms with Crippen molar-refractivity contribution in [3.63, 3.8) is 0 Å². The first kappa shape index (κ1) is 12.1. The van der Waals surface area contributed by atoms with E-state index >= 15 is 0 Å². The Morgan fingerprint density at radius 3 is 2.74 bits per heavy atom. The van der Waals surface area contributed by atoms with Gasteiger partial charge in [-0.05, 0) is 32.0 Å². The quantitative estimate of drug-likeness (QED) is 0.714. The van der Waals surface area contributed by atoms with Crippen LogP contribution in [0.25, 0.3) is 22.7 Å². The van der Waals surface area contributed by atoms with Crippen LogP contribution >= 0.6 is 11.6 Å². The van der Waals surface area contributed by atoms with Crippen molar-refractivity contribution < 1.29 is 0 Å². The van der Waals surface area contributed by atoms with Gasteiger partial charge < -0.3 is 4.57 Å². The zero-order valence-corrected chi connectivity index (χ0v) is 11.5. The van der Waals surface area contributed by atoms with Crippen LogP contribution in [0.1, 0.15) is 19.9 Å². The summed E-state index contributed by atoms with van der Waals surface area (Å²) in [5, 5.41) is 0.591. The molecule has 0 aliphatic heterocycles. The van der Waals surface area contributed by atoms with Gasteiger partial charge in [0, 0.05) is 18.4 Å². The molecule has 0 bridgehead atoms. The Bertz CT molecular complexity index is 719. The molecule has 0 saturated heterocycles. The second-order valence-electron chi connectivity index (χ2n) is 4.61. The maximum absolute atomic E-state index is 5.98. The Balaban J connectivity index is 2.32. The Kier molecular flexibility index (Phi) is 2.95. The van der Waals surface area contributed by atoms with Crippen molar-refractivity contribution in [1.29, 1.82) is 0 Å². The lowest BCUT2D eigenvalue weighted by atomic mass is 10.3. The van der Waals surface area contributed by atoms with Gasteiger partial charge in [-0.15, -0.1) is 0 Å². The van der Waals surface area contributed by atoms with Crippen LogP contribution in [-0.2, 0) is 0 Å². The Hall–Kier alpha value is -1.94. The maximum Gasteiger partial charge on any atom is 0.161 e. The number of imidazole rings is 1. The molecule has 0 fully saturated rings. The molecule has 0 unspecified atom stereocenters. The number of hydrogen-bond donors (Lipinski definition) is 0. The second kappa shape index (κ2) is 4.63.